The Hall–Kier alpha value is -0.260. The molecule has 180 valence electrons. The monoisotopic (exact) mass is 420 g/mol. The minimum atomic E-state index is 0.896. The van der Waals surface area contributed by atoms with Gasteiger partial charge in [0.05, 0.1) is 0 Å². The lowest BCUT2D eigenvalue weighted by atomic mass is 10.0. The molecule has 0 heteroatoms. The smallest absolute Gasteiger partial charge is 0.0353 e. The van der Waals surface area contributed by atoms with Crippen LogP contribution in [-0.2, 0) is 0 Å². The van der Waals surface area contributed by atoms with Gasteiger partial charge in [0.1, 0.15) is 0 Å². The van der Waals surface area contributed by atoms with Gasteiger partial charge in [-0.05, 0) is 18.8 Å². The Kier molecular flexibility index (Phi) is 26.5. The van der Waals surface area contributed by atoms with Crippen LogP contribution in [0.1, 0.15) is 174 Å². The number of allylic oxidation sites excluding steroid dienone is 1. The number of rotatable bonds is 26. The van der Waals surface area contributed by atoms with Gasteiger partial charge in [-0.3, -0.25) is 0 Å². The normalized spacial score (nSPS) is 11.4. The number of unbranched alkanes of at least 4 members (excludes halogenated alkanes) is 23. The lowest BCUT2D eigenvalue weighted by molar-refractivity contribution is 0.500. The molecular formula is C30H60. The Morgan fingerprint density at radius 3 is 0.867 bits per heavy atom. The Morgan fingerprint density at radius 1 is 0.400 bits per heavy atom. The second-order valence-corrected chi connectivity index (χ2v) is 10.4. The van der Waals surface area contributed by atoms with Crippen molar-refractivity contribution in [2.24, 2.45) is 5.92 Å². The van der Waals surface area contributed by atoms with E-state index in [1.165, 1.54) is 161 Å². The first-order valence-electron chi connectivity index (χ1n) is 14.4. The van der Waals surface area contributed by atoms with Crippen LogP contribution < -0.4 is 0 Å². The molecule has 0 saturated carbocycles. The van der Waals surface area contributed by atoms with E-state index in [-0.39, 0.29) is 0 Å². The van der Waals surface area contributed by atoms with Gasteiger partial charge in [-0.2, -0.15) is 0 Å². The van der Waals surface area contributed by atoms with Crippen LogP contribution >= 0.6 is 0 Å². The van der Waals surface area contributed by atoms with Gasteiger partial charge in [-0.25, -0.2) is 0 Å². The van der Waals surface area contributed by atoms with Gasteiger partial charge >= 0.3 is 0 Å². The van der Waals surface area contributed by atoms with Gasteiger partial charge in [-0.1, -0.05) is 168 Å². The molecule has 0 aliphatic carbocycles. The van der Waals surface area contributed by atoms with Crippen molar-refractivity contribution in [1.82, 2.24) is 0 Å². The molecule has 0 spiro atoms. The summed E-state index contributed by atoms with van der Waals surface area (Å²) in [7, 11) is 0. The van der Waals surface area contributed by atoms with Crippen molar-refractivity contribution in [1.29, 1.82) is 0 Å². The average molecular weight is 421 g/mol. The molecule has 0 aliphatic rings. The van der Waals surface area contributed by atoms with Crippen molar-refractivity contribution in [3.63, 3.8) is 0 Å². The van der Waals surface area contributed by atoms with Crippen molar-refractivity contribution in [2.45, 2.75) is 174 Å². The van der Waals surface area contributed by atoms with Crippen molar-refractivity contribution in [2.75, 3.05) is 0 Å². The van der Waals surface area contributed by atoms with E-state index in [2.05, 4.69) is 26.5 Å². The van der Waals surface area contributed by atoms with E-state index in [4.69, 9.17) is 0 Å². The highest BCUT2D eigenvalue weighted by Gasteiger charge is 1.97. The molecule has 0 saturated heterocycles. The maximum atomic E-state index is 3.79. The molecule has 0 aromatic rings. The van der Waals surface area contributed by atoms with E-state index >= 15 is 0 Å². The van der Waals surface area contributed by atoms with Crippen LogP contribution in [-0.4, -0.2) is 0 Å². The molecule has 0 unspecified atom stereocenters. The van der Waals surface area contributed by atoms with E-state index in [9.17, 15) is 0 Å². The highest BCUT2D eigenvalue weighted by molar-refractivity contribution is 4.65. The third kappa shape index (κ3) is 27.7. The third-order valence-electron chi connectivity index (χ3n) is 6.69. The summed E-state index contributed by atoms with van der Waals surface area (Å²) in [5.74, 6) is 0.896. The molecule has 0 bridgehead atoms. The zero-order valence-electron chi connectivity index (χ0n) is 21.5. The zero-order chi connectivity index (χ0) is 22.0. The van der Waals surface area contributed by atoms with Gasteiger partial charge in [0.2, 0.25) is 0 Å². The molecule has 0 aromatic heterocycles. The predicted molar refractivity (Wildman–Crippen MR) is 140 cm³/mol. The fourth-order valence-corrected chi connectivity index (χ4v) is 4.55. The summed E-state index contributed by atoms with van der Waals surface area (Å²) in [5, 5.41) is 0. The summed E-state index contributed by atoms with van der Waals surface area (Å²) in [5.41, 5.74) is 0. The molecular weight excluding hydrogens is 360 g/mol. The minimum Gasteiger partial charge on any atom is -0.103 e. The van der Waals surface area contributed by atoms with Crippen LogP contribution in [0.25, 0.3) is 0 Å². The summed E-state index contributed by atoms with van der Waals surface area (Å²) in [6.07, 6.45) is 38.5. The molecule has 0 nitrogen and oxygen atoms in total. The Bertz CT molecular complexity index is 303. The fraction of sp³-hybridized carbons (Fsp3) is 0.933. The Balaban J connectivity index is 2.99. The first-order chi connectivity index (χ1) is 14.8. The zero-order valence-corrected chi connectivity index (χ0v) is 21.5. The minimum absolute atomic E-state index is 0.896. The van der Waals surface area contributed by atoms with Gasteiger partial charge in [0, 0.05) is 0 Å². The third-order valence-corrected chi connectivity index (χ3v) is 6.69. The van der Waals surface area contributed by atoms with Crippen LogP contribution in [0.5, 0.6) is 0 Å². The summed E-state index contributed by atoms with van der Waals surface area (Å²) in [6.45, 7) is 8.48. The van der Waals surface area contributed by atoms with E-state index in [1.807, 2.05) is 0 Å². The van der Waals surface area contributed by atoms with Gasteiger partial charge in [0.25, 0.3) is 0 Å². The predicted octanol–water partition coefficient (Wildman–Crippen LogP) is 11.6. The second-order valence-electron chi connectivity index (χ2n) is 10.4. The van der Waals surface area contributed by atoms with Crippen molar-refractivity contribution >= 4 is 0 Å². The Morgan fingerprint density at radius 2 is 0.633 bits per heavy atom. The van der Waals surface area contributed by atoms with Gasteiger partial charge in [-0.15, -0.1) is 6.58 Å². The molecule has 0 radical (unpaired) electrons. The first kappa shape index (κ1) is 29.7. The highest BCUT2D eigenvalue weighted by atomic mass is 14.0. The van der Waals surface area contributed by atoms with Gasteiger partial charge < -0.3 is 0 Å². The Labute approximate surface area is 193 Å². The quantitative estimate of drug-likeness (QED) is 0.0963. The molecule has 0 amide bonds. The summed E-state index contributed by atoms with van der Waals surface area (Å²) in [4.78, 5) is 0. The van der Waals surface area contributed by atoms with Crippen molar-refractivity contribution in [3.8, 4) is 0 Å². The maximum Gasteiger partial charge on any atom is -0.0353 e. The van der Waals surface area contributed by atoms with E-state index < -0.39 is 0 Å². The standard InChI is InChI=1S/C30H60/c1-4-5-6-7-8-9-10-11-12-13-14-15-16-17-18-19-20-21-22-23-24-25-26-27-28-29-30(2)3/h4,30H,1,5-29H2,2-3H3. The van der Waals surface area contributed by atoms with E-state index in [0.717, 1.165) is 5.92 Å². The fourth-order valence-electron chi connectivity index (χ4n) is 4.55. The van der Waals surface area contributed by atoms with Crippen LogP contribution in [0, 0.1) is 5.92 Å². The molecule has 0 atom stereocenters. The van der Waals surface area contributed by atoms with Crippen LogP contribution in [0.15, 0.2) is 12.7 Å². The molecule has 0 N–H and O–H groups in total. The molecule has 0 aliphatic heterocycles. The molecule has 30 heavy (non-hydrogen) atoms. The summed E-state index contributed by atoms with van der Waals surface area (Å²) < 4.78 is 0. The highest BCUT2D eigenvalue weighted by Crippen LogP contribution is 2.16. The van der Waals surface area contributed by atoms with Crippen molar-refractivity contribution in [3.05, 3.63) is 12.7 Å². The number of hydrogen-bond donors (Lipinski definition) is 0. The summed E-state index contributed by atoms with van der Waals surface area (Å²) in [6, 6.07) is 0. The second kappa shape index (κ2) is 26.8. The molecule has 0 heterocycles. The average Bonchev–Trinajstić information content (AvgIpc) is 2.73. The SMILES string of the molecule is C=CCCCCCCCCCCCCCCCCCCCCCCCCCC(C)C. The van der Waals surface area contributed by atoms with Crippen LogP contribution in [0.4, 0.5) is 0 Å². The van der Waals surface area contributed by atoms with Crippen molar-refractivity contribution < 1.29 is 0 Å². The van der Waals surface area contributed by atoms with E-state index in [1.54, 1.807) is 0 Å². The lowest BCUT2D eigenvalue weighted by Crippen LogP contribution is -1.87. The lowest BCUT2D eigenvalue weighted by Gasteiger charge is -2.05. The summed E-state index contributed by atoms with van der Waals surface area (Å²) >= 11 is 0. The van der Waals surface area contributed by atoms with Crippen LogP contribution in [0.3, 0.4) is 0 Å². The first-order valence-corrected chi connectivity index (χ1v) is 14.4. The largest absolute Gasteiger partial charge is 0.103 e. The van der Waals surface area contributed by atoms with Gasteiger partial charge in [0.15, 0.2) is 0 Å². The molecule has 0 fully saturated rings. The molecule has 0 aromatic carbocycles. The van der Waals surface area contributed by atoms with Crippen LogP contribution in [0.2, 0.25) is 0 Å². The molecule has 0 rings (SSSR count). The number of hydrogen-bond acceptors (Lipinski definition) is 0. The van der Waals surface area contributed by atoms with E-state index in [0.29, 0.717) is 0 Å². The maximum absolute atomic E-state index is 3.79. The topological polar surface area (TPSA) is 0 Å².